The lowest BCUT2D eigenvalue weighted by atomic mass is 9.96. The van der Waals surface area contributed by atoms with Gasteiger partial charge >= 0.3 is 5.97 Å². The molecule has 4 heteroatoms. The third-order valence-corrected chi connectivity index (χ3v) is 3.78. The number of β-amino-alcohol motifs (C(OH)–C–C–N with tert-alkyl or cyclic N) is 1. The molecule has 1 aromatic carbocycles. The Bertz CT molecular complexity index is 461. The van der Waals surface area contributed by atoms with Crippen molar-refractivity contribution in [2.45, 2.75) is 45.3 Å². The Balaban J connectivity index is 2.03. The molecule has 1 N–H and O–H groups in total. The van der Waals surface area contributed by atoms with Crippen LogP contribution < -0.4 is 4.90 Å². The molecule has 1 heterocycles. The number of anilines is 1. The summed E-state index contributed by atoms with van der Waals surface area (Å²) in [4.78, 5) is 13.6. The van der Waals surface area contributed by atoms with Gasteiger partial charge in [-0.3, -0.25) is 4.79 Å². The van der Waals surface area contributed by atoms with E-state index in [1.54, 1.807) is 6.92 Å². The molecule has 110 valence electrons. The van der Waals surface area contributed by atoms with E-state index in [4.69, 9.17) is 4.74 Å². The number of aliphatic hydroxyl groups is 1. The van der Waals surface area contributed by atoms with Crippen LogP contribution >= 0.6 is 0 Å². The van der Waals surface area contributed by atoms with Gasteiger partial charge in [0.1, 0.15) is 0 Å². The van der Waals surface area contributed by atoms with Crippen LogP contribution in [0.4, 0.5) is 5.69 Å². The standard InChI is InChI=1S/C16H23NO3/c1-3-20-16(19)10-14(18)11-17-12(2)8-9-13-6-4-5-7-15(13)17/h4-7,12,14,18H,3,8-11H2,1-2H3. The molecule has 0 spiro atoms. The van der Waals surface area contributed by atoms with E-state index in [1.807, 2.05) is 12.1 Å². The number of ether oxygens (including phenoxy) is 1. The summed E-state index contributed by atoms with van der Waals surface area (Å²) in [7, 11) is 0. The van der Waals surface area contributed by atoms with Crippen LogP contribution in [0.1, 0.15) is 32.3 Å². The summed E-state index contributed by atoms with van der Waals surface area (Å²) in [6.07, 6.45) is 1.51. The predicted molar refractivity (Wildman–Crippen MR) is 78.8 cm³/mol. The highest BCUT2D eigenvalue weighted by Crippen LogP contribution is 2.30. The summed E-state index contributed by atoms with van der Waals surface area (Å²) in [6, 6.07) is 8.65. The Morgan fingerprint density at radius 2 is 2.25 bits per heavy atom. The van der Waals surface area contributed by atoms with Crippen LogP contribution in [0.2, 0.25) is 0 Å². The summed E-state index contributed by atoms with van der Waals surface area (Å²) in [6.45, 7) is 4.76. The molecular formula is C16H23NO3. The number of hydrogen-bond acceptors (Lipinski definition) is 4. The fourth-order valence-corrected chi connectivity index (χ4v) is 2.74. The highest BCUT2D eigenvalue weighted by molar-refractivity contribution is 5.70. The molecule has 0 fully saturated rings. The zero-order valence-electron chi connectivity index (χ0n) is 12.2. The van der Waals surface area contributed by atoms with E-state index >= 15 is 0 Å². The van der Waals surface area contributed by atoms with Crippen LogP contribution in [0.3, 0.4) is 0 Å². The molecule has 2 rings (SSSR count). The first-order chi connectivity index (χ1) is 9.61. The molecule has 2 atom stereocenters. The summed E-state index contributed by atoms with van der Waals surface area (Å²) in [5.41, 5.74) is 2.49. The maximum atomic E-state index is 11.4. The second-order valence-corrected chi connectivity index (χ2v) is 5.33. The largest absolute Gasteiger partial charge is 0.466 e. The third-order valence-electron chi connectivity index (χ3n) is 3.78. The minimum Gasteiger partial charge on any atom is -0.466 e. The van der Waals surface area contributed by atoms with E-state index in [9.17, 15) is 9.90 Å². The quantitative estimate of drug-likeness (QED) is 0.838. The lowest BCUT2D eigenvalue weighted by Gasteiger charge is -2.38. The number of rotatable bonds is 5. The molecule has 0 saturated heterocycles. The van der Waals surface area contributed by atoms with Gasteiger partial charge in [-0.15, -0.1) is 0 Å². The van der Waals surface area contributed by atoms with Crippen molar-refractivity contribution in [1.29, 1.82) is 0 Å². The number of aryl methyl sites for hydroxylation is 1. The van der Waals surface area contributed by atoms with Crippen molar-refractivity contribution in [1.82, 2.24) is 0 Å². The molecule has 1 aliphatic heterocycles. The van der Waals surface area contributed by atoms with Crippen molar-refractivity contribution >= 4 is 11.7 Å². The Kier molecular flexibility index (Phi) is 5.01. The molecule has 0 aliphatic carbocycles. The molecule has 1 aromatic rings. The first-order valence-electron chi connectivity index (χ1n) is 7.30. The van der Waals surface area contributed by atoms with E-state index < -0.39 is 6.10 Å². The van der Waals surface area contributed by atoms with Gasteiger partial charge in [-0.1, -0.05) is 18.2 Å². The number of carbonyl (C=O) groups is 1. The number of nitrogens with zero attached hydrogens (tertiary/aromatic N) is 1. The lowest BCUT2D eigenvalue weighted by Crippen LogP contribution is -2.42. The fraction of sp³-hybridized carbons (Fsp3) is 0.562. The van der Waals surface area contributed by atoms with Crippen molar-refractivity contribution < 1.29 is 14.6 Å². The van der Waals surface area contributed by atoms with Crippen molar-refractivity contribution in [2.24, 2.45) is 0 Å². The summed E-state index contributed by atoms with van der Waals surface area (Å²) >= 11 is 0. The highest BCUT2D eigenvalue weighted by Gasteiger charge is 2.25. The maximum absolute atomic E-state index is 11.4. The minimum absolute atomic E-state index is 0.0548. The minimum atomic E-state index is -0.692. The van der Waals surface area contributed by atoms with E-state index in [0.717, 1.165) is 12.8 Å². The van der Waals surface area contributed by atoms with E-state index in [1.165, 1.54) is 11.3 Å². The van der Waals surface area contributed by atoms with Gasteiger partial charge in [0, 0.05) is 18.3 Å². The molecule has 1 aliphatic rings. The van der Waals surface area contributed by atoms with Gasteiger partial charge in [-0.2, -0.15) is 0 Å². The lowest BCUT2D eigenvalue weighted by molar-refractivity contribution is -0.145. The number of aliphatic hydroxyl groups excluding tert-OH is 1. The van der Waals surface area contributed by atoms with Gasteiger partial charge in [-0.25, -0.2) is 0 Å². The van der Waals surface area contributed by atoms with Crippen molar-refractivity contribution in [3.8, 4) is 0 Å². The zero-order chi connectivity index (χ0) is 14.5. The predicted octanol–water partition coefficient (Wildman–Crippen LogP) is 2.14. The Labute approximate surface area is 120 Å². The third kappa shape index (κ3) is 3.51. The van der Waals surface area contributed by atoms with Crippen LogP contribution in [-0.2, 0) is 16.0 Å². The van der Waals surface area contributed by atoms with Crippen LogP contribution in [0.25, 0.3) is 0 Å². The highest BCUT2D eigenvalue weighted by atomic mass is 16.5. The van der Waals surface area contributed by atoms with E-state index in [0.29, 0.717) is 19.2 Å². The van der Waals surface area contributed by atoms with Crippen LogP contribution in [-0.4, -0.2) is 36.4 Å². The van der Waals surface area contributed by atoms with Gasteiger partial charge in [0.05, 0.1) is 19.1 Å². The first kappa shape index (κ1) is 14.9. The monoisotopic (exact) mass is 277 g/mol. The molecular weight excluding hydrogens is 254 g/mol. The molecule has 2 unspecified atom stereocenters. The number of carbonyl (C=O) groups excluding carboxylic acids is 1. The molecule has 4 nitrogen and oxygen atoms in total. The smallest absolute Gasteiger partial charge is 0.308 e. The zero-order valence-corrected chi connectivity index (χ0v) is 12.2. The SMILES string of the molecule is CCOC(=O)CC(O)CN1c2ccccc2CCC1C. The van der Waals surface area contributed by atoms with Crippen LogP contribution in [0, 0.1) is 0 Å². The molecule has 0 radical (unpaired) electrons. The number of hydrogen-bond donors (Lipinski definition) is 1. The van der Waals surface area contributed by atoms with Gasteiger partial charge in [0.25, 0.3) is 0 Å². The number of fused-ring (bicyclic) bond motifs is 1. The average molecular weight is 277 g/mol. The van der Waals surface area contributed by atoms with Gasteiger partial charge in [-0.05, 0) is 38.3 Å². The van der Waals surface area contributed by atoms with Crippen LogP contribution in [0.15, 0.2) is 24.3 Å². The van der Waals surface area contributed by atoms with E-state index in [-0.39, 0.29) is 12.4 Å². The Morgan fingerprint density at radius 3 is 3.00 bits per heavy atom. The fourth-order valence-electron chi connectivity index (χ4n) is 2.74. The number of esters is 1. The number of para-hydroxylation sites is 1. The molecule has 0 aromatic heterocycles. The van der Waals surface area contributed by atoms with E-state index in [2.05, 4.69) is 24.0 Å². The van der Waals surface area contributed by atoms with Crippen LogP contribution in [0.5, 0.6) is 0 Å². The number of benzene rings is 1. The maximum Gasteiger partial charge on any atom is 0.308 e. The second kappa shape index (κ2) is 6.75. The summed E-state index contributed by atoms with van der Waals surface area (Å²) in [5.74, 6) is -0.335. The van der Waals surface area contributed by atoms with Crippen molar-refractivity contribution in [3.05, 3.63) is 29.8 Å². The Hall–Kier alpha value is -1.55. The van der Waals surface area contributed by atoms with Gasteiger partial charge in [0.15, 0.2) is 0 Å². The first-order valence-corrected chi connectivity index (χ1v) is 7.30. The molecule has 0 saturated carbocycles. The topological polar surface area (TPSA) is 49.8 Å². The van der Waals surface area contributed by atoms with Crippen molar-refractivity contribution in [2.75, 3.05) is 18.1 Å². The summed E-state index contributed by atoms with van der Waals surface area (Å²) in [5, 5.41) is 10.1. The molecule has 0 bridgehead atoms. The molecule has 0 amide bonds. The van der Waals surface area contributed by atoms with Gasteiger partial charge in [0.2, 0.25) is 0 Å². The summed E-state index contributed by atoms with van der Waals surface area (Å²) < 4.78 is 4.88. The Morgan fingerprint density at radius 1 is 1.50 bits per heavy atom. The second-order valence-electron chi connectivity index (χ2n) is 5.33. The normalized spacial score (nSPS) is 19.4. The molecule has 20 heavy (non-hydrogen) atoms. The van der Waals surface area contributed by atoms with Gasteiger partial charge < -0.3 is 14.7 Å². The van der Waals surface area contributed by atoms with Crippen molar-refractivity contribution in [3.63, 3.8) is 0 Å². The average Bonchev–Trinajstić information content (AvgIpc) is 2.42.